The van der Waals surface area contributed by atoms with Crippen molar-refractivity contribution in [2.75, 3.05) is 26.2 Å². The first kappa shape index (κ1) is 27.1. The van der Waals surface area contributed by atoms with Gasteiger partial charge in [0.1, 0.15) is 18.1 Å². The summed E-state index contributed by atoms with van der Waals surface area (Å²) in [4.78, 5) is 30.4. The second-order valence-electron chi connectivity index (χ2n) is 9.68. The molecule has 1 heterocycles. The van der Waals surface area contributed by atoms with E-state index in [9.17, 15) is 14.7 Å². The van der Waals surface area contributed by atoms with Crippen LogP contribution in [0.3, 0.4) is 0 Å². The number of aryl methyl sites for hydroxylation is 2. The Kier molecular flexibility index (Phi) is 8.64. The maximum Gasteiger partial charge on any atom is 0.295 e. The number of Topliss-reactive ketones (excluding diaryl/α,β-unsaturated/α-hetero) is 1. The molecule has 6 heteroatoms. The van der Waals surface area contributed by atoms with E-state index in [2.05, 4.69) is 18.7 Å². The number of rotatable bonds is 10. The monoisotopic (exact) mass is 512 g/mol. The first-order valence-electron chi connectivity index (χ1n) is 13.2. The van der Waals surface area contributed by atoms with Gasteiger partial charge in [0, 0.05) is 18.7 Å². The summed E-state index contributed by atoms with van der Waals surface area (Å²) in [5, 5.41) is 11.4. The molecule has 198 valence electrons. The molecule has 0 unspecified atom stereocenters. The van der Waals surface area contributed by atoms with Crippen molar-refractivity contribution >= 4 is 17.4 Å². The number of ether oxygens (including phenoxy) is 1. The number of likely N-dealkylation sites (tertiary alicyclic amines) is 1. The molecule has 1 atom stereocenters. The van der Waals surface area contributed by atoms with Crippen LogP contribution in [0, 0.1) is 13.8 Å². The molecule has 1 saturated heterocycles. The summed E-state index contributed by atoms with van der Waals surface area (Å²) < 4.78 is 5.98. The normalized spacial score (nSPS) is 16.9. The van der Waals surface area contributed by atoms with Crippen LogP contribution < -0.4 is 4.74 Å². The van der Waals surface area contributed by atoms with Gasteiger partial charge >= 0.3 is 0 Å². The largest absolute Gasteiger partial charge is 0.507 e. The molecule has 0 bridgehead atoms. The molecule has 4 rings (SSSR count). The Morgan fingerprint density at radius 3 is 2.26 bits per heavy atom. The molecular weight excluding hydrogens is 476 g/mol. The minimum Gasteiger partial charge on any atom is -0.507 e. The van der Waals surface area contributed by atoms with Gasteiger partial charge in [0.05, 0.1) is 11.6 Å². The van der Waals surface area contributed by atoms with E-state index in [0.717, 1.165) is 35.3 Å². The third kappa shape index (κ3) is 5.81. The molecule has 1 aliphatic rings. The lowest BCUT2D eigenvalue weighted by Crippen LogP contribution is -2.38. The van der Waals surface area contributed by atoms with Gasteiger partial charge in [-0.1, -0.05) is 74.0 Å². The van der Waals surface area contributed by atoms with Gasteiger partial charge in [-0.15, -0.1) is 0 Å². The van der Waals surface area contributed by atoms with Crippen LogP contribution in [-0.2, 0) is 16.2 Å². The Morgan fingerprint density at radius 2 is 1.63 bits per heavy atom. The maximum atomic E-state index is 13.3. The molecule has 6 nitrogen and oxygen atoms in total. The van der Waals surface area contributed by atoms with Crippen LogP contribution in [-0.4, -0.2) is 52.8 Å². The molecule has 0 aromatic heterocycles. The van der Waals surface area contributed by atoms with Crippen molar-refractivity contribution in [1.29, 1.82) is 0 Å². The first-order chi connectivity index (χ1) is 18.3. The average molecular weight is 513 g/mol. The standard InChI is InChI=1S/C32H36N2O4/c1-5-33(6-2)18-19-34-29(25-14-12-22(3)13-15-25)28(31(36)32(34)37)30(35)26-16-17-27(23(4)20-26)38-21-24-10-8-7-9-11-24/h7-17,20,29,35H,5-6,18-19,21H2,1-4H3/b30-28+/t29-/m0/s1. The predicted octanol–water partition coefficient (Wildman–Crippen LogP) is 5.65. The highest BCUT2D eigenvalue weighted by Crippen LogP contribution is 2.39. The number of nitrogens with zero attached hydrogens (tertiary/aromatic N) is 2. The molecule has 1 N–H and O–H groups in total. The molecule has 38 heavy (non-hydrogen) atoms. The van der Waals surface area contributed by atoms with Crippen LogP contribution in [0.4, 0.5) is 0 Å². The molecule has 3 aromatic rings. The fraction of sp³-hybridized carbons (Fsp3) is 0.312. The molecular formula is C32H36N2O4. The van der Waals surface area contributed by atoms with Crippen molar-refractivity contribution in [2.24, 2.45) is 0 Å². The number of carbonyl (C=O) groups is 2. The van der Waals surface area contributed by atoms with Crippen LogP contribution in [0.15, 0.2) is 78.4 Å². The summed E-state index contributed by atoms with van der Waals surface area (Å²) in [6.07, 6.45) is 0. The van der Waals surface area contributed by atoms with Crippen molar-refractivity contribution in [3.05, 3.63) is 106 Å². The Morgan fingerprint density at radius 1 is 0.947 bits per heavy atom. The Labute approximate surface area is 225 Å². The van der Waals surface area contributed by atoms with E-state index >= 15 is 0 Å². The number of amides is 1. The van der Waals surface area contributed by atoms with Crippen LogP contribution in [0.25, 0.3) is 5.76 Å². The maximum absolute atomic E-state index is 13.3. The zero-order valence-electron chi connectivity index (χ0n) is 22.6. The molecule has 3 aromatic carbocycles. The number of aliphatic hydroxyl groups excluding tert-OH is 1. The van der Waals surface area contributed by atoms with E-state index in [1.54, 1.807) is 23.1 Å². The molecule has 1 fully saturated rings. The third-order valence-electron chi connectivity index (χ3n) is 7.17. The van der Waals surface area contributed by atoms with Crippen LogP contribution in [0.1, 0.15) is 47.7 Å². The first-order valence-corrected chi connectivity index (χ1v) is 13.2. The fourth-order valence-corrected chi connectivity index (χ4v) is 4.84. The van der Waals surface area contributed by atoms with E-state index < -0.39 is 17.7 Å². The number of hydrogen-bond acceptors (Lipinski definition) is 5. The fourth-order valence-electron chi connectivity index (χ4n) is 4.84. The highest BCUT2D eigenvalue weighted by atomic mass is 16.5. The number of aliphatic hydroxyl groups is 1. The summed E-state index contributed by atoms with van der Waals surface area (Å²) in [7, 11) is 0. The number of hydrogen-bond donors (Lipinski definition) is 1. The van der Waals surface area contributed by atoms with E-state index in [4.69, 9.17) is 4.74 Å². The lowest BCUT2D eigenvalue weighted by molar-refractivity contribution is -0.140. The van der Waals surface area contributed by atoms with Crippen molar-refractivity contribution in [3.8, 4) is 5.75 Å². The van der Waals surface area contributed by atoms with E-state index in [1.807, 2.05) is 68.4 Å². The third-order valence-corrected chi connectivity index (χ3v) is 7.17. The van der Waals surface area contributed by atoms with E-state index in [-0.39, 0.29) is 11.3 Å². The van der Waals surface area contributed by atoms with Gasteiger partial charge in [0.25, 0.3) is 11.7 Å². The lowest BCUT2D eigenvalue weighted by Gasteiger charge is -2.28. The predicted molar refractivity (Wildman–Crippen MR) is 150 cm³/mol. The van der Waals surface area contributed by atoms with E-state index in [0.29, 0.717) is 31.0 Å². The molecule has 0 aliphatic carbocycles. The van der Waals surface area contributed by atoms with Gasteiger partial charge in [-0.25, -0.2) is 0 Å². The van der Waals surface area contributed by atoms with Crippen molar-refractivity contribution in [2.45, 2.75) is 40.3 Å². The minimum atomic E-state index is -0.658. The van der Waals surface area contributed by atoms with Gasteiger partial charge in [0.15, 0.2) is 0 Å². The summed E-state index contributed by atoms with van der Waals surface area (Å²) in [6.45, 7) is 11.2. The quantitative estimate of drug-likeness (QED) is 0.216. The Balaban J connectivity index is 1.68. The van der Waals surface area contributed by atoms with Gasteiger partial charge in [-0.2, -0.15) is 0 Å². The molecule has 0 saturated carbocycles. The van der Waals surface area contributed by atoms with Crippen molar-refractivity contribution in [1.82, 2.24) is 9.80 Å². The van der Waals surface area contributed by atoms with Gasteiger partial charge in [-0.05, 0) is 61.8 Å². The van der Waals surface area contributed by atoms with E-state index in [1.165, 1.54) is 0 Å². The van der Waals surface area contributed by atoms with Gasteiger partial charge in [0.2, 0.25) is 0 Å². The highest BCUT2D eigenvalue weighted by molar-refractivity contribution is 6.46. The smallest absolute Gasteiger partial charge is 0.295 e. The number of benzene rings is 3. The number of ketones is 1. The number of carbonyl (C=O) groups excluding carboxylic acids is 2. The molecule has 0 spiro atoms. The Bertz CT molecular complexity index is 1310. The summed E-state index contributed by atoms with van der Waals surface area (Å²) >= 11 is 0. The zero-order chi connectivity index (χ0) is 27.2. The van der Waals surface area contributed by atoms with Crippen molar-refractivity contribution in [3.63, 3.8) is 0 Å². The Hall–Kier alpha value is -3.90. The molecule has 1 amide bonds. The van der Waals surface area contributed by atoms with Crippen molar-refractivity contribution < 1.29 is 19.4 Å². The SMILES string of the molecule is CCN(CC)CCN1C(=O)C(=O)/C(=C(/O)c2ccc(OCc3ccccc3)c(C)c2)[C@@H]1c1ccc(C)cc1. The van der Waals surface area contributed by atoms with Crippen LogP contribution >= 0.6 is 0 Å². The lowest BCUT2D eigenvalue weighted by atomic mass is 9.94. The molecule has 1 aliphatic heterocycles. The highest BCUT2D eigenvalue weighted by Gasteiger charge is 2.46. The van der Waals surface area contributed by atoms with Gasteiger partial charge < -0.3 is 19.6 Å². The second-order valence-corrected chi connectivity index (χ2v) is 9.68. The second kappa shape index (κ2) is 12.1. The topological polar surface area (TPSA) is 70.1 Å². The summed E-state index contributed by atoms with van der Waals surface area (Å²) in [5.74, 6) is -0.712. The summed E-state index contributed by atoms with van der Waals surface area (Å²) in [5.41, 5.74) is 4.37. The minimum absolute atomic E-state index is 0.121. The number of likely N-dealkylation sites (N-methyl/N-ethyl adjacent to an activating group) is 1. The van der Waals surface area contributed by atoms with Crippen LogP contribution in [0.5, 0.6) is 5.75 Å². The molecule has 0 radical (unpaired) electrons. The van der Waals surface area contributed by atoms with Crippen LogP contribution in [0.2, 0.25) is 0 Å². The summed E-state index contributed by atoms with van der Waals surface area (Å²) in [6, 6.07) is 22.3. The zero-order valence-corrected chi connectivity index (χ0v) is 22.6. The average Bonchev–Trinajstić information content (AvgIpc) is 3.18. The van der Waals surface area contributed by atoms with Gasteiger partial charge in [-0.3, -0.25) is 9.59 Å².